The maximum atomic E-state index is 12.7. The lowest BCUT2D eigenvalue weighted by molar-refractivity contribution is -0.275. The van der Waals surface area contributed by atoms with Gasteiger partial charge in [-0.25, -0.2) is 0 Å². The Kier molecular flexibility index (Phi) is 10.3. The van der Waals surface area contributed by atoms with E-state index in [1.807, 2.05) is 7.05 Å². The molecule has 0 aliphatic heterocycles. The molecule has 0 saturated carbocycles. The van der Waals surface area contributed by atoms with E-state index in [1.54, 1.807) is 21.0 Å². The fourth-order valence-corrected chi connectivity index (χ4v) is 2.42. The molecule has 0 atom stereocenters. The molecular weight excluding hydrogens is 387 g/mol. The number of anilines is 1. The van der Waals surface area contributed by atoms with Gasteiger partial charge >= 0.3 is 6.36 Å². The summed E-state index contributed by atoms with van der Waals surface area (Å²) in [6, 6.07) is 4.11. The van der Waals surface area contributed by atoms with Crippen molar-refractivity contribution < 1.29 is 22.6 Å². The Labute approximate surface area is 170 Å². The summed E-state index contributed by atoms with van der Waals surface area (Å²) in [6.07, 6.45) is -3.10. The van der Waals surface area contributed by atoms with Crippen LogP contribution in [0.4, 0.5) is 18.9 Å². The number of nitrogens with one attached hydrogen (secondary N) is 2. The zero-order valence-electron chi connectivity index (χ0n) is 17.6. The predicted octanol–water partition coefficient (Wildman–Crippen LogP) is 3.73. The second-order valence-corrected chi connectivity index (χ2v) is 6.35. The quantitative estimate of drug-likeness (QED) is 0.364. The number of ether oxygens (including phenoxy) is 2. The molecule has 10 heteroatoms. The number of aliphatic imine (C=N–C) groups is 2. The standard InChI is InChI=1S/C19H30F3N5O2/c1-6-10-27(5)11-7-12-28-17-13-15(8-9-16(17)29-19(20,21)22)26-18(24-4)25-14(2)23-3/h8-9,13H,6-7,10-12H2,1-5H3,(H2,23,24,25,26). The van der Waals surface area contributed by atoms with E-state index in [-0.39, 0.29) is 18.1 Å². The van der Waals surface area contributed by atoms with Gasteiger partial charge in [-0.1, -0.05) is 6.92 Å². The molecule has 0 fully saturated rings. The molecular formula is C19H30F3N5O2. The van der Waals surface area contributed by atoms with Crippen LogP contribution in [0, 0.1) is 0 Å². The smallest absolute Gasteiger partial charge is 0.490 e. The summed E-state index contributed by atoms with van der Waals surface area (Å²) in [4.78, 5) is 10.2. The first kappa shape index (κ1) is 24.5. The molecule has 164 valence electrons. The molecule has 0 unspecified atom stereocenters. The number of hydrogen-bond acceptors (Lipinski definition) is 5. The molecule has 1 aromatic carbocycles. The summed E-state index contributed by atoms with van der Waals surface area (Å²) in [7, 11) is 5.19. The predicted molar refractivity (Wildman–Crippen MR) is 110 cm³/mol. The number of guanidine groups is 1. The number of amidine groups is 1. The lowest BCUT2D eigenvalue weighted by Gasteiger charge is -2.18. The van der Waals surface area contributed by atoms with E-state index in [1.165, 1.54) is 18.2 Å². The van der Waals surface area contributed by atoms with Crippen molar-refractivity contribution in [1.29, 1.82) is 0 Å². The highest BCUT2D eigenvalue weighted by Gasteiger charge is 2.32. The van der Waals surface area contributed by atoms with Crippen LogP contribution in [0.1, 0.15) is 26.7 Å². The first-order valence-corrected chi connectivity index (χ1v) is 9.33. The van der Waals surface area contributed by atoms with Gasteiger partial charge in [0.05, 0.1) is 12.4 Å². The van der Waals surface area contributed by atoms with Crippen molar-refractivity contribution in [2.75, 3.05) is 46.2 Å². The Hall–Kier alpha value is -2.49. The summed E-state index contributed by atoms with van der Waals surface area (Å²) >= 11 is 0. The fourth-order valence-electron chi connectivity index (χ4n) is 2.42. The molecule has 29 heavy (non-hydrogen) atoms. The van der Waals surface area contributed by atoms with Crippen LogP contribution in [0.5, 0.6) is 11.5 Å². The summed E-state index contributed by atoms with van der Waals surface area (Å²) in [5, 5.41) is 5.93. The number of halogens is 3. The average Bonchev–Trinajstić information content (AvgIpc) is 2.65. The van der Waals surface area contributed by atoms with E-state index in [0.717, 1.165) is 19.5 Å². The van der Waals surface area contributed by atoms with E-state index < -0.39 is 6.36 Å². The van der Waals surface area contributed by atoms with Gasteiger partial charge in [0.1, 0.15) is 0 Å². The summed E-state index contributed by atoms with van der Waals surface area (Å²) in [5.74, 6) is 0.633. The topological polar surface area (TPSA) is 70.5 Å². The maximum absolute atomic E-state index is 12.7. The minimum atomic E-state index is -4.80. The third kappa shape index (κ3) is 10.0. The van der Waals surface area contributed by atoms with Crippen LogP contribution in [-0.2, 0) is 0 Å². The first-order chi connectivity index (χ1) is 13.7. The molecule has 2 N–H and O–H groups in total. The van der Waals surface area contributed by atoms with Crippen molar-refractivity contribution in [3.05, 3.63) is 18.2 Å². The van der Waals surface area contributed by atoms with Crippen LogP contribution in [0.25, 0.3) is 0 Å². The van der Waals surface area contributed by atoms with E-state index in [2.05, 4.69) is 37.2 Å². The third-order valence-corrected chi connectivity index (χ3v) is 3.84. The highest BCUT2D eigenvalue weighted by Crippen LogP contribution is 2.34. The second kappa shape index (κ2) is 12.2. The van der Waals surface area contributed by atoms with Crippen LogP contribution >= 0.6 is 0 Å². The van der Waals surface area contributed by atoms with E-state index in [0.29, 0.717) is 23.9 Å². The Balaban J connectivity index is 2.89. The number of alkyl halides is 3. The Morgan fingerprint density at radius 1 is 1.14 bits per heavy atom. The molecule has 0 radical (unpaired) electrons. The fraction of sp³-hybridized carbons (Fsp3) is 0.579. The van der Waals surface area contributed by atoms with Crippen molar-refractivity contribution in [3.8, 4) is 11.5 Å². The van der Waals surface area contributed by atoms with Crippen molar-refractivity contribution in [2.24, 2.45) is 9.98 Å². The summed E-state index contributed by atoms with van der Waals surface area (Å²) in [6.45, 7) is 5.85. The molecule has 0 aliphatic carbocycles. The number of benzene rings is 1. The van der Waals surface area contributed by atoms with Crippen molar-refractivity contribution in [3.63, 3.8) is 0 Å². The lowest BCUT2D eigenvalue weighted by atomic mass is 10.2. The molecule has 0 aliphatic rings. The number of nitrogens with zero attached hydrogens (tertiary/aromatic N) is 3. The van der Waals surface area contributed by atoms with Crippen LogP contribution in [0.3, 0.4) is 0 Å². The summed E-state index contributed by atoms with van der Waals surface area (Å²) < 4.78 is 47.8. The first-order valence-electron chi connectivity index (χ1n) is 9.33. The van der Waals surface area contributed by atoms with Crippen LogP contribution in [0.15, 0.2) is 28.2 Å². The van der Waals surface area contributed by atoms with Gasteiger partial charge < -0.3 is 25.0 Å². The van der Waals surface area contributed by atoms with Crippen LogP contribution < -0.4 is 20.1 Å². The van der Waals surface area contributed by atoms with Crippen molar-refractivity contribution >= 4 is 17.5 Å². The Morgan fingerprint density at radius 2 is 1.86 bits per heavy atom. The van der Waals surface area contributed by atoms with E-state index in [4.69, 9.17) is 4.74 Å². The molecule has 0 spiro atoms. The van der Waals surface area contributed by atoms with Gasteiger partial charge in [-0.15, -0.1) is 13.2 Å². The third-order valence-electron chi connectivity index (χ3n) is 3.84. The van der Waals surface area contributed by atoms with Crippen LogP contribution in [0.2, 0.25) is 0 Å². The second-order valence-electron chi connectivity index (χ2n) is 6.35. The van der Waals surface area contributed by atoms with Gasteiger partial charge in [-0.3, -0.25) is 9.98 Å². The molecule has 1 rings (SSSR count). The van der Waals surface area contributed by atoms with Crippen molar-refractivity contribution in [2.45, 2.75) is 33.1 Å². The van der Waals surface area contributed by atoms with Crippen LogP contribution in [-0.4, -0.2) is 63.9 Å². The highest BCUT2D eigenvalue weighted by atomic mass is 19.4. The highest BCUT2D eigenvalue weighted by molar-refractivity contribution is 6.05. The van der Waals surface area contributed by atoms with Gasteiger partial charge in [-0.2, -0.15) is 0 Å². The average molecular weight is 417 g/mol. The molecule has 0 heterocycles. The zero-order chi connectivity index (χ0) is 21.9. The lowest BCUT2D eigenvalue weighted by Crippen LogP contribution is -2.34. The normalized spacial score (nSPS) is 12.9. The van der Waals surface area contributed by atoms with Gasteiger partial charge in [0.15, 0.2) is 11.5 Å². The molecule has 0 amide bonds. The van der Waals surface area contributed by atoms with E-state index in [9.17, 15) is 13.2 Å². The zero-order valence-corrected chi connectivity index (χ0v) is 17.6. The van der Waals surface area contributed by atoms with Gasteiger partial charge in [0, 0.05) is 32.4 Å². The largest absolute Gasteiger partial charge is 0.573 e. The molecule has 0 saturated heterocycles. The molecule has 1 aromatic rings. The minimum absolute atomic E-state index is 0.00167. The Morgan fingerprint density at radius 3 is 2.45 bits per heavy atom. The molecule has 0 aromatic heterocycles. The van der Waals surface area contributed by atoms with Crippen molar-refractivity contribution in [1.82, 2.24) is 10.2 Å². The van der Waals surface area contributed by atoms with Gasteiger partial charge in [0.2, 0.25) is 5.96 Å². The molecule has 7 nitrogen and oxygen atoms in total. The SMILES string of the molecule is CCCN(C)CCCOc1cc(NC(=NC)NC(C)=NC)ccc1OC(F)(F)F. The summed E-state index contributed by atoms with van der Waals surface area (Å²) in [5.41, 5.74) is 0.495. The maximum Gasteiger partial charge on any atom is 0.573 e. The minimum Gasteiger partial charge on any atom is -0.490 e. The number of hydrogen-bond donors (Lipinski definition) is 2. The van der Waals surface area contributed by atoms with Gasteiger partial charge in [0.25, 0.3) is 0 Å². The number of rotatable bonds is 9. The monoisotopic (exact) mass is 417 g/mol. The van der Waals surface area contributed by atoms with E-state index >= 15 is 0 Å². The molecule has 0 bridgehead atoms. The van der Waals surface area contributed by atoms with Gasteiger partial charge in [-0.05, 0) is 45.5 Å². The Bertz CT molecular complexity index is 693.